The fourth-order valence-electron chi connectivity index (χ4n) is 5.87. The van der Waals surface area contributed by atoms with Gasteiger partial charge in [0, 0.05) is 45.1 Å². The molecule has 2 aromatic heterocycles. The van der Waals surface area contributed by atoms with Crippen molar-refractivity contribution in [3.05, 3.63) is 158 Å². The van der Waals surface area contributed by atoms with E-state index in [-0.39, 0.29) is 0 Å². The summed E-state index contributed by atoms with van der Waals surface area (Å²) in [5.41, 5.74) is 8.77. The van der Waals surface area contributed by atoms with Gasteiger partial charge in [0.25, 0.3) is 0 Å². The molecular weight excluding hydrogens is 500 g/mol. The van der Waals surface area contributed by atoms with E-state index in [1.165, 1.54) is 16.3 Å². The lowest BCUT2D eigenvalue weighted by atomic mass is 10.1. The van der Waals surface area contributed by atoms with Gasteiger partial charge in [0.05, 0.1) is 16.7 Å². The van der Waals surface area contributed by atoms with Crippen molar-refractivity contribution < 1.29 is 0 Å². The van der Waals surface area contributed by atoms with Gasteiger partial charge in [-0.05, 0) is 66.7 Å². The van der Waals surface area contributed by atoms with Gasteiger partial charge in [-0.25, -0.2) is 4.68 Å². The van der Waals surface area contributed by atoms with Crippen molar-refractivity contribution in [2.45, 2.75) is 0 Å². The number of rotatable bonds is 5. The number of hydrogen-bond donors (Lipinski definition) is 0. The second kappa shape index (κ2) is 9.54. The minimum absolute atomic E-state index is 0.988. The average molecular weight is 527 g/mol. The van der Waals surface area contributed by atoms with Crippen LogP contribution >= 0.6 is 0 Å². The van der Waals surface area contributed by atoms with Crippen LogP contribution in [0.25, 0.3) is 44.1 Å². The molecular formula is C37H26N4. The summed E-state index contributed by atoms with van der Waals surface area (Å²) in [6.07, 6.45) is 2.12. The lowest BCUT2D eigenvalue weighted by molar-refractivity contribution is 0.897. The quantitative estimate of drug-likeness (QED) is 0.223. The van der Waals surface area contributed by atoms with E-state index in [9.17, 15) is 0 Å². The highest BCUT2D eigenvalue weighted by Gasteiger charge is 2.18. The molecule has 0 atom stereocenters. The Labute approximate surface area is 237 Å². The molecule has 0 bridgehead atoms. The lowest BCUT2D eigenvalue weighted by Crippen LogP contribution is -2.09. The van der Waals surface area contributed by atoms with Gasteiger partial charge in [-0.2, -0.15) is 5.10 Å². The highest BCUT2D eigenvalue weighted by molar-refractivity contribution is 6.17. The first-order valence-electron chi connectivity index (χ1n) is 13.8. The Balaban J connectivity index is 1.33. The molecule has 0 unspecified atom stereocenters. The number of hydrogen-bond acceptors (Lipinski definition) is 2. The van der Waals surface area contributed by atoms with Gasteiger partial charge < -0.3 is 9.47 Å². The standard InChI is InChI=1S/C37H26N4/c1-4-12-28(13-5-1)39-26-27-20-25-34-33-18-10-11-19-35(33)41(37(34)36(27)38-39)32-23-21-31(22-24-32)40(29-14-6-2-7-15-29)30-16-8-3-9-17-30/h1-26H. The summed E-state index contributed by atoms with van der Waals surface area (Å²) in [4.78, 5) is 2.29. The fourth-order valence-corrected chi connectivity index (χ4v) is 5.87. The number of benzene rings is 6. The average Bonchev–Trinajstić information content (AvgIpc) is 3.63. The lowest BCUT2D eigenvalue weighted by Gasteiger charge is -2.25. The van der Waals surface area contributed by atoms with E-state index in [1.807, 2.05) is 22.9 Å². The molecule has 0 amide bonds. The van der Waals surface area contributed by atoms with Crippen molar-refractivity contribution in [2.75, 3.05) is 4.90 Å². The molecule has 8 rings (SSSR count). The molecule has 2 heterocycles. The van der Waals surface area contributed by atoms with E-state index in [2.05, 4.69) is 149 Å². The molecule has 8 aromatic rings. The van der Waals surface area contributed by atoms with E-state index in [4.69, 9.17) is 5.10 Å². The minimum atomic E-state index is 0.988. The van der Waals surface area contributed by atoms with Gasteiger partial charge in [0.1, 0.15) is 5.52 Å². The highest BCUT2D eigenvalue weighted by atomic mass is 15.3. The van der Waals surface area contributed by atoms with Crippen LogP contribution in [0, 0.1) is 0 Å². The molecule has 41 heavy (non-hydrogen) atoms. The predicted molar refractivity (Wildman–Crippen MR) is 170 cm³/mol. The summed E-state index contributed by atoms with van der Waals surface area (Å²) in [7, 11) is 0. The van der Waals surface area contributed by atoms with Crippen molar-refractivity contribution in [3.63, 3.8) is 0 Å². The zero-order valence-corrected chi connectivity index (χ0v) is 22.3. The molecule has 194 valence electrons. The molecule has 0 N–H and O–H groups in total. The van der Waals surface area contributed by atoms with Crippen LogP contribution in [0.4, 0.5) is 17.1 Å². The van der Waals surface area contributed by atoms with E-state index in [1.54, 1.807) is 0 Å². The molecule has 4 nitrogen and oxygen atoms in total. The largest absolute Gasteiger partial charge is 0.311 e. The van der Waals surface area contributed by atoms with Crippen molar-refractivity contribution in [3.8, 4) is 11.4 Å². The van der Waals surface area contributed by atoms with Crippen LogP contribution in [0.15, 0.2) is 158 Å². The Morgan fingerprint density at radius 3 is 1.73 bits per heavy atom. The molecule has 0 aliphatic rings. The monoisotopic (exact) mass is 526 g/mol. The molecule has 0 saturated heterocycles. The van der Waals surface area contributed by atoms with Crippen LogP contribution in [0.2, 0.25) is 0 Å². The first-order valence-corrected chi connectivity index (χ1v) is 13.8. The number of aromatic nitrogens is 3. The van der Waals surface area contributed by atoms with Crippen LogP contribution in [0.1, 0.15) is 0 Å². The summed E-state index contributed by atoms with van der Waals surface area (Å²) in [5.74, 6) is 0. The van der Waals surface area contributed by atoms with Gasteiger partial charge >= 0.3 is 0 Å². The second-order valence-electron chi connectivity index (χ2n) is 10.2. The highest BCUT2D eigenvalue weighted by Crippen LogP contribution is 2.38. The molecule has 0 spiro atoms. The van der Waals surface area contributed by atoms with Crippen LogP contribution in [-0.2, 0) is 0 Å². The van der Waals surface area contributed by atoms with Gasteiger partial charge in [-0.15, -0.1) is 0 Å². The van der Waals surface area contributed by atoms with Crippen molar-refractivity contribution in [2.24, 2.45) is 0 Å². The topological polar surface area (TPSA) is 26.0 Å². The molecule has 0 fully saturated rings. The van der Waals surface area contributed by atoms with E-state index >= 15 is 0 Å². The van der Waals surface area contributed by atoms with Gasteiger partial charge in [-0.1, -0.05) is 84.9 Å². The van der Waals surface area contributed by atoms with Crippen molar-refractivity contribution in [1.82, 2.24) is 14.3 Å². The maximum atomic E-state index is 5.11. The molecule has 0 aliphatic carbocycles. The van der Waals surface area contributed by atoms with Crippen molar-refractivity contribution in [1.29, 1.82) is 0 Å². The number of para-hydroxylation sites is 4. The SMILES string of the molecule is c1ccc(N(c2ccccc2)c2ccc(-n3c4ccccc4c4ccc5cn(-c6ccccc6)nc5c43)cc2)cc1. The maximum Gasteiger partial charge on any atom is 0.117 e. The first kappa shape index (κ1) is 23.3. The summed E-state index contributed by atoms with van der Waals surface area (Å²) in [5, 5.41) is 8.64. The molecule has 6 aromatic carbocycles. The van der Waals surface area contributed by atoms with E-state index < -0.39 is 0 Å². The molecule has 0 saturated carbocycles. The zero-order valence-electron chi connectivity index (χ0n) is 22.3. The third-order valence-electron chi connectivity index (χ3n) is 7.73. The normalized spacial score (nSPS) is 11.4. The third kappa shape index (κ3) is 3.88. The Kier molecular flexibility index (Phi) is 5.42. The van der Waals surface area contributed by atoms with Crippen molar-refractivity contribution >= 4 is 49.8 Å². The summed E-state index contributed by atoms with van der Waals surface area (Å²) in [6.45, 7) is 0. The van der Waals surface area contributed by atoms with E-state index in [0.29, 0.717) is 0 Å². The third-order valence-corrected chi connectivity index (χ3v) is 7.73. The van der Waals surface area contributed by atoms with Crippen LogP contribution < -0.4 is 4.90 Å². The summed E-state index contributed by atoms with van der Waals surface area (Å²) >= 11 is 0. The summed E-state index contributed by atoms with van der Waals surface area (Å²) < 4.78 is 4.33. The Bertz CT molecular complexity index is 2090. The minimum Gasteiger partial charge on any atom is -0.311 e. The van der Waals surface area contributed by atoms with E-state index in [0.717, 1.165) is 44.9 Å². The van der Waals surface area contributed by atoms with Gasteiger partial charge in [-0.3, -0.25) is 0 Å². The Morgan fingerprint density at radius 1 is 0.463 bits per heavy atom. The Morgan fingerprint density at radius 2 is 1.05 bits per heavy atom. The number of fused-ring (bicyclic) bond motifs is 5. The molecule has 0 aliphatic heterocycles. The van der Waals surface area contributed by atoms with Gasteiger partial charge in [0.15, 0.2) is 0 Å². The van der Waals surface area contributed by atoms with Crippen LogP contribution in [0.3, 0.4) is 0 Å². The molecule has 4 heteroatoms. The van der Waals surface area contributed by atoms with Gasteiger partial charge in [0.2, 0.25) is 0 Å². The number of nitrogens with zero attached hydrogens (tertiary/aromatic N) is 4. The summed E-state index contributed by atoms with van der Waals surface area (Å²) in [6, 6.07) is 53.2. The maximum absolute atomic E-state index is 5.11. The molecule has 0 radical (unpaired) electrons. The van der Waals surface area contributed by atoms with Crippen LogP contribution in [-0.4, -0.2) is 14.3 Å². The predicted octanol–water partition coefficient (Wildman–Crippen LogP) is 9.59. The second-order valence-corrected chi connectivity index (χ2v) is 10.2. The first-order chi connectivity index (χ1) is 20.3. The number of anilines is 3. The van der Waals surface area contributed by atoms with Crippen LogP contribution in [0.5, 0.6) is 0 Å². The fraction of sp³-hybridized carbons (Fsp3) is 0. The Hall–Kier alpha value is -5.61. The zero-order chi connectivity index (χ0) is 27.2. The smallest absolute Gasteiger partial charge is 0.117 e.